The van der Waals surface area contributed by atoms with Gasteiger partial charge < -0.3 is 4.74 Å². The van der Waals surface area contributed by atoms with Crippen molar-refractivity contribution in [2.45, 2.75) is 6.61 Å². The second kappa shape index (κ2) is 9.77. The maximum atomic E-state index is 12.9. The Bertz CT molecular complexity index is 1520. The van der Waals surface area contributed by atoms with Gasteiger partial charge in [-0.3, -0.25) is 4.79 Å². The van der Waals surface area contributed by atoms with E-state index in [0.717, 1.165) is 32.7 Å². The van der Waals surface area contributed by atoms with Crippen LogP contribution in [0, 0.1) is 0 Å². The Balaban J connectivity index is 1.43. The highest BCUT2D eigenvalue weighted by Crippen LogP contribution is 2.28. The van der Waals surface area contributed by atoms with E-state index in [1.165, 1.54) is 0 Å². The fourth-order valence-corrected chi connectivity index (χ4v) is 4.13. The van der Waals surface area contributed by atoms with Crippen molar-refractivity contribution in [2.75, 3.05) is 0 Å². The quantitative estimate of drug-likeness (QED) is 0.217. The zero-order valence-corrected chi connectivity index (χ0v) is 19.0. The summed E-state index contributed by atoms with van der Waals surface area (Å²) in [6, 6.07) is 32.9. The van der Waals surface area contributed by atoms with Gasteiger partial charge in [0.2, 0.25) is 0 Å². The van der Waals surface area contributed by atoms with Crippen molar-refractivity contribution >= 4 is 45.3 Å². The van der Waals surface area contributed by atoms with Gasteiger partial charge in [-0.2, -0.15) is 5.10 Å². The zero-order valence-electron chi connectivity index (χ0n) is 18.2. The molecule has 4 nitrogen and oxygen atoms in total. The van der Waals surface area contributed by atoms with Crippen LogP contribution < -0.4 is 10.2 Å². The molecule has 1 amide bonds. The summed E-state index contributed by atoms with van der Waals surface area (Å²) in [5.41, 5.74) is 4.91. The van der Waals surface area contributed by atoms with Crippen LogP contribution in [0.1, 0.15) is 21.5 Å². The van der Waals surface area contributed by atoms with Gasteiger partial charge in [0.15, 0.2) is 0 Å². The first kappa shape index (κ1) is 21.7. The molecule has 0 radical (unpaired) electrons. The fraction of sp³-hybridized carbons (Fsp3) is 0.0345. The summed E-state index contributed by atoms with van der Waals surface area (Å²) in [4.78, 5) is 12.9. The summed E-state index contributed by atoms with van der Waals surface area (Å²) < 4.78 is 6.12. The van der Waals surface area contributed by atoms with Crippen molar-refractivity contribution in [1.82, 2.24) is 5.43 Å². The van der Waals surface area contributed by atoms with Gasteiger partial charge in [-0.25, -0.2) is 5.43 Å². The summed E-state index contributed by atoms with van der Waals surface area (Å²) in [5.74, 6) is 0.383. The molecule has 0 aliphatic carbocycles. The van der Waals surface area contributed by atoms with E-state index in [1.807, 2.05) is 97.1 Å². The summed E-state index contributed by atoms with van der Waals surface area (Å²) in [5, 5.41) is 8.84. The second-order valence-electron chi connectivity index (χ2n) is 7.80. The van der Waals surface area contributed by atoms with Gasteiger partial charge in [0.05, 0.1) is 6.21 Å². The highest BCUT2D eigenvalue weighted by atomic mass is 35.5. The maximum Gasteiger partial charge on any atom is 0.271 e. The molecule has 166 valence electrons. The Labute approximate surface area is 202 Å². The molecule has 0 aromatic heterocycles. The van der Waals surface area contributed by atoms with E-state index < -0.39 is 0 Å². The molecular formula is C29H21ClN2O2. The molecule has 5 aromatic carbocycles. The topological polar surface area (TPSA) is 50.7 Å². The van der Waals surface area contributed by atoms with Gasteiger partial charge in [0.1, 0.15) is 12.4 Å². The third-order valence-electron chi connectivity index (χ3n) is 5.67. The number of carbonyl (C=O) groups is 1. The average Bonchev–Trinajstić information content (AvgIpc) is 2.88. The molecule has 1 N–H and O–H groups in total. The van der Waals surface area contributed by atoms with Crippen molar-refractivity contribution in [3.8, 4) is 5.75 Å². The molecule has 0 unspecified atom stereocenters. The summed E-state index contributed by atoms with van der Waals surface area (Å²) in [6.45, 7) is 0.321. The van der Waals surface area contributed by atoms with Gasteiger partial charge >= 0.3 is 0 Å². The summed E-state index contributed by atoms with van der Waals surface area (Å²) >= 11 is 6.29. The lowest BCUT2D eigenvalue weighted by atomic mass is 10.0. The molecule has 0 heterocycles. The standard InChI is InChI=1S/C29H21ClN2O2/c30-27-15-6-3-10-22(27)19-34-28-17-16-21-9-2-5-13-24(21)26(28)18-31-32-29(33)25-14-7-11-20-8-1-4-12-23(20)25/h1-18H,19H2,(H,32,33)/b31-18-. The lowest BCUT2D eigenvalue weighted by molar-refractivity contribution is 0.0957. The van der Waals surface area contributed by atoms with E-state index in [2.05, 4.69) is 10.5 Å². The van der Waals surface area contributed by atoms with Crippen LogP contribution in [0.15, 0.2) is 108 Å². The highest BCUT2D eigenvalue weighted by molar-refractivity contribution is 6.31. The van der Waals surface area contributed by atoms with Crippen molar-refractivity contribution in [2.24, 2.45) is 5.10 Å². The van der Waals surface area contributed by atoms with E-state index in [9.17, 15) is 4.79 Å². The van der Waals surface area contributed by atoms with Gasteiger partial charge in [0.25, 0.3) is 5.91 Å². The normalized spacial score (nSPS) is 11.2. The van der Waals surface area contributed by atoms with Crippen molar-refractivity contribution in [1.29, 1.82) is 0 Å². The number of benzene rings is 5. The number of nitrogens with one attached hydrogen (secondary N) is 1. The van der Waals surface area contributed by atoms with Crippen molar-refractivity contribution in [3.05, 3.63) is 125 Å². The predicted octanol–water partition coefficient (Wildman–Crippen LogP) is 6.99. The average molecular weight is 465 g/mol. The van der Waals surface area contributed by atoms with E-state index in [1.54, 1.807) is 12.3 Å². The highest BCUT2D eigenvalue weighted by Gasteiger charge is 2.11. The lowest BCUT2D eigenvalue weighted by Gasteiger charge is -2.12. The minimum absolute atomic E-state index is 0.271. The van der Waals surface area contributed by atoms with E-state index in [4.69, 9.17) is 16.3 Å². The SMILES string of the molecule is O=C(N/N=C\c1c(OCc2ccccc2Cl)ccc2ccccc12)c1cccc2ccccc12. The summed E-state index contributed by atoms with van der Waals surface area (Å²) in [7, 11) is 0. The third kappa shape index (κ3) is 4.49. The van der Waals surface area contributed by atoms with Crippen LogP contribution >= 0.6 is 11.6 Å². The second-order valence-corrected chi connectivity index (χ2v) is 8.21. The number of ether oxygens (including phenoxy) is 1. The molecule has 34 heavy (non-hydrogen) atoms. The molecule has 0 spiro atoms. The molecule has 5 rings (SSSR count). The monoisotopic (exact) mass is 464 g/mol. The van der Waals surface area contributed by atoms with Crippen LogP contribution in [0.25, 0.3) is 21.5 Å². The maximum absolute atomic E-state index is 12.9. The first-order chi connectivity index (χ1) is 16.7. The molecule has 5 aromatic rings. The van der Waals surface area contributed by atoms with Gasteiger partial charge in [-0.15, -0.1) is 0 Å². The number of fused-ring (bicyclic) bond motifs is 2. The van der Waals surface area contributed by atoms with Crippen LogP contribution in [0.3, 0.4) is 0 Å². The predicted molar refractivity (Wildman–Crippen MR) is 139 cm³/mol. The largest absolute Gasteiger partial charge is 0.488 e. The Kier molecular flexibility index (Phi) is 6.23. The lowest BCUT2D eigenvalue weighted by Crippen LogP contribution is -2.18. The Hall–Kier alpha value is -4.15. The van der Waals surface area contributed by atoms with Crippen LogP contribution in [-0.4, -0.2) is 12.1 Å². The first-order valence-corrected chi connectivity index (χ1v) is 11.3. The number of amides is 1. The van der Waals surface area contributed by atoms with E-state index in [-0.39, 0.29) is 5.91 Å². The summed E-state index contributed by atoms with van der Waals surface area (Å²) in [6.07, 6.45) is 1.63. The zero-order chi connectivity index (χ0) is 23.3. The number of carbonyl (C=O) groups excluding carboxylic acids is 1. The molecule has 0 saturated heterocycles. The number of nitrogens with zero attached hydrogens (tertiary/aromatic N) is 1. The number of hydrogen-bond acceptors (Lipinski definition) is 3. The van der Waals surface area contributed by atoms with Crippen molar-refractivity contribution in [3.63, 3.8) is 0 Å². The molecule has 0 aliphatic heterocycles. The molecule has 0 atom stereocenters. The first-order valence-electron chi connectivity index (χ1n) is 10.9. The van der Waals surface area contributed by atoms with E-state index in [0.29, 0.717) is 22.9 Å². The molecule has 5 heteroatoms. The Morgan fingerprint density at radius 1 is 0.794 bits per heavy atom. The minimum atomic E-state index is -0.271. The van der Waals surface area contributed by atoms with Crippen LogP contribution in [-0.2, 0) is 6.61 Å². The number of halogens is 1. The number of rotatable bonds is 6. The van der Waals surface area contributed by atoms with E-state index >= 15 is 0 Å². The van der Waals surface area contributed by atoms with Gasteiger partial charge in [0, 0.05) is 21.7 Å². The smallest absolute Gasteiger partial charge is 0.271 e. The van der Waals surface area contributed by atoms with Crippen molar-refractivity contribution < 1.29 is 9.53 Å². The van der Waals surface area contributed by atoms with Gasteiger partial charge in [-0.05, 0) is 39.7 Å². The third-order valence-corrected chi connectivity index (χ3v) is 6.03. The van der Waals surface area contributed by atoms with Crippen LogP contribution in [0.2, 0.25) is 5.02 Å². The molecule has 0 bridgehead atoms. The Morgan fingerprint density at radius 2 is 1.47 bits per heavy atom. The Morgan fingerprint density at radius 3 is 2.29 bits per heavy atom. The minimum Gasteiger partial charge on any atom is -0.488 e. The van der Waals surface area contributed by atoms with Crippen LogP contribution in [0.4, 0.5) is 0 Å². The molecule has 0 fully saturated rings. The van der Waals surface area contributed by atoms with Gasteiger partial charge in [-0.1, -0.05) is 96.5 Å². The molecular weight excluding hydrogens is 444 g/mol. The van der Waals surface area contributed by atoms with Crippen LogP contribution in [0.5, 0.6) is 5.75 Å². The fourth-order valence-electron chi connectivity index (χ4n) is 3.94. The number of hydrogen-bond donors (Lipinski definition) is 1. The molecule has 0 saturated carbocycles. The number of hydrazone groups is 1. The molecule has 0 aliphatic rings.